The Morgan fingerprint density at radius 2 is 1.92 bits per heavy atom. The molecular weight excluding hydrogens is 338 g/mol. The van der Waals surface area contributed by atoms with Gasteiger partial charge < -0.3 is 25.4 Å². The van der Waals surface area contributed by atoms with E-state index in [9.17, 15) is 14.4 Å². The lowest BCUT2D eigenvalue weighted by Crippen LogP contribution is -2.49. The number of nitrogens with zero attached hydrogens (tertiary/aromatic N) is 1. The first kappa shape index (κ1) is 19.7. The molecule has 1 aliphatic rings. The number of anilines is 1. The first-order chi connectivity index (χ1) is 12.3. The molecule has 8 nitrogen and oxygen atoms in total. The molecule has 0 radical (unpaired) electrons. The number of methoxy groups -OCH3 is 1. The minimum atomic E-state index is -0.748. The highest BCUT2D eigenvalue weighted by Crippen LogP contribution is 2.26. The second-order valence-electron chi connectivity index (χ2n) is 6.43. The van der Waals surface area contributed by atoms with Gasteiger partial charge in [0.15, 0.2) is 0 Å². The van der Waals surface area contributed by atoms with Crippen LogP contribution in [-0.2, 0) is 14.4 Å². The molecule has 3 amide bonds. The summed E-state index contributed by atoms with van der Waals surface area (Å²) in [7, 11) is 1.56. The summed E-state index contributed by atoms with van der Waals surface area (Å²) in [6, 6.07) is 5.91. The number of amides is 3. The van der Waals surface area contributed by atoms with Gasteiger partial charge >= 0.3 is 0 Å². The lowest BCUT2D eigenvalue weighted by Gasteiger charge is -2.19. The summed E-state index contributed by atoms with van der Waals surface area (Å²) in [5, 5.41) is 14.2. The number of hydrogen-bond acceptors (Lipinski definition) is 5. The number of rotatable bonds is 7. The third-order valence-corrected chi connectivity index (χ3v) is 4.29. The number of ether oxygens (including phenoxy) is 1. The van der Waals surface area contributed by atoms with Crippen molar-refractivity contribution in [1.82, 2.24) is 10.6 Å². The first-order valence-corrected chi connectivity index (χ1v) is 8.51. The van der Waals surface area contributed by atoms with Gasteiger partial charge in [-0.3, -0.25) is 14.4 Å². The maximum Gasteiger partial charge on any atom is 0.242 e. The Hall–Kier alpha value is -2.61. The van der Waals surface area contributed by atoms with Gasteiger partial charge in [0.1, 0.15) is 11.8 Å². The Morgan fingerprint density at radius 3 is 2.50 bits per heavy atom. The molecule has 2 rings (SSSR count). The number of hydrogen-bond donors (Lipinski definition) is 3. The Bertz CT molecular complexity index is 661. The van der Waals surface area contributed by atoms with Crippen LogP contribution in [0.3, 0.4) is 0 Å². The molecule has 3 N–H and O–H groups in total. The molecule has 26 heavy (non-hydrogen) atoms. The fourth-order valence-electron chi connectivity index (χ4n) is 2.71. The average Bonchev–Trinajstić information content (AvgIpc) is 3.03. The zero-order chi connectivity index (χ0) is 19.3. The molecule has 0 bridgehead atoms. The number of aliphatic hydroxyl groups excluding tert-OH is 1. The van der Waals surface area contributed by atoms with Crippen LogP contribution in [0.2, 0.25) is 0 Å². The van der Waals surface area contributed by atoms with Crippen LogP contribution in [0.15, 0.2) is 24.3 Å². The zero-order valence-corrected chi connectivity index (χ0v) is 15.2. The highest BCUT2D eigenvalue weighted by Gasteiger charge is 2.36. The van der Waals surface area contributed by atoms with Crippen LogP contribution >= 0.6 is 0 Å². The van der Waals surface area contributed by atoms with Gasteiger partial charge in [-0.15, -0.1) is 0 Å². The molecule has 1 fully saturated rings. The van der Waals surface area contributed by atoms with Crippen LogP contribution in [-0.4, -0.2) is 55.2 Å². The second kappa shape index (κ2) is 8.66. The fraction of sp³-hybridized carbons (Fsp3) is 0.500. The van der Waals surface area contributed by atoms with E-state index < -0.39 is 12.0 Å². The maximum atomic E-state index is 12.4. The summed E-state index contributed by atoms with van der Waals surface area (Å²) in [6.07, 6.45) is 0.0965. The maximum absolute atomic E-state index is 12.4. The lowest BCUT2D eigenvalue weighted by molar-refractivity contribution is -0.131. The molecule has 1 aromatic carbocycles. The van der Waals surface area contributed by atoms with Gasteiger partial charge in [-0.25, -0.2) is 0 Å². The standard InChI is InChI=1S/C18H25N3O5/c1-11(10-22)19-17(24)12(2)20-18(25)13-8-16(23)21(9-13)14-4-6-15(26-3)7-5-14/h4-7,11-13,22H,8-10H2,1-3H3,(H,19,24)(H,20,25)/t11-,12-,13?/m0/s1. The van der Waals surface area contributed by atoms with E-state index in [1.54, 1.807) is 50.1 Å². The van der Waals surface area contributed by atoms with Gasteiger partial charge in [0.2, 0.25) is 17.7 Å². The summed E-state index contributed by atoms with van der Waals surface area (Å²) in [5.74, 6) is -0.687. The number of benzene rings is 1. The van der Waals surface area contributed by atoms with Gasteiger partial charge in [-0.2, -0.15) is 0 Å². The number of carbonyl (C=O) groups excluding carboxylic acids is 3. The van der Waals surface area contributed by atoms with Gasteiger partial charge in [-0.05, 0) is 38.1 Å². The van der Waals surface area contributed by atoms with Crippen molar-refractivity contribution >= 4 is 23.4 Å². The van der Waals surface area contributed by atoms with Gasteiger partial charge in [-0.1, -0.05) is 0 Å². The van der Waals surface area contributed by atoms with Crippen LogP contribution in [0, 0.1) is 5.92 Å². The predicted octanol–water partition coefficient (Wildman–Crippen LogP) is 0.0498. The molecule has 1 unspecified atom stereocenters. The molecule has 0 aliphatic carbocycles. The smallest absolute Gasteiger partial charge is 0.242 e. The average molecular weight is 363 g/mol. The Morgan fingerprint density at radius 1 is 1.27 bits per heavy atom. The first-order valence-electron chi connectivity index (χ1n) is 8.51. The second-order valence-corrected chi connectivity index (χ2v) is 6.43. The molecule has 3 atom stereocenters. The van der Waals surface area contributed by atoms with E-state index in [0.29, 0.717) is 11.4 Å². The fourth-order valence-corrected chi connectivity index (χ4v) is 2.71. The summed E-state index contributed by atoms with van der Waals surface area (Å²) >= 11 is 0. The molecule has 1 aliphatic heterocycles. The molecule has 1 aromatic rings. The van der Waals surface area contributed by atoms with Crippen molar-refractivity contribution in [2.24, 2.45) is 5.92 Å². The van der Waals surface area contributed by atoms with E-state index in [0.717, 1.165) is 0 Å². The van der Waals surface area contributed by atoms with Crippen molar-refractivity contribution in [1.29, 1.82) is 0 Å². The molecule has 0 saturated carbocycles. The molecule has 1 heterocycles. The van der Waals surface area contributed by atoms with Crippen LogP contribution in [0.4, 0.5) is 5.69 Å². The highest BCUT2D eigenvalue weighted by molar-refractivity contribution is 6.01. The van der Waals surface area contributed by atoms with E-state index in [1.807, 2.05) is 0 Å². The van der Waals surface area contributed by atoms with Crippen LogP contribution < -0.4 is 20.3 Å². The number of nitrogens with one attached hydrogen (secondary N) is 2. The van der Waals surface area contributed by atoms with Gasteiger partial charge in [0.05, 0.1) is 19.6 Å². The normalized spacial score (nSPS) is 19.0. The minimum Gasteiger partial charge on any atom is -0.497 e. The number of carbonyl (C=O) groups is 3. The summed E-state index contributed by atoms with van der Waals surface area (Å²) in [6.45, 7) is 3.31. The van der Waals surface area contributed by atoms with Crippen LogP contribution in [0.25, 0.3) is 0 Å². The summed E-state index contributed by atoms with van der Waals surface area (Å²) in [5.41, 5.74) is 0.702. The van der Waals surface area contributed by atoms with Gasteiger partial charge in [0.25, 0.3) is 0 Å². The summed E-state index contributed by atoms with van der Waals surface area (Å²) < 4.78 is 5.10. The highest BCUT2D eigenvalue weighted by atomic mass is 16.5. The monoisotopic (exact) mass is 363 g/mol. The molecule has 0 aromatic heterocycles. The lowest BCUT2D eigenvalue weighted by atomic mass is 10.1. The van der Waals surface area contributed by atoms with Crippen molar-refractivity contribution in [3.63, 3.8) is 0 Å². The zero-order valence-electron chi connectivity index (χ0n) is 15.2. The molecule has 8 heteroatoms. The van der Waals surface area contributed by atoms with Crippen molar-refractivity contribution in [2.45, 2.75) is 32.4 Å². The van der Waals surface area contributed by atoms with Crippen LogP contribution in [0.5, 0.6) is 5.75 Å². The molecule has 142 valence electrons. The Balaban J connectivity index is 1.94. The molecule has 0 spiro atoms. The number of aliphatic hydroxyl groups is 1. The third-order valence-electron chi connectivity index (χ3n) is 4.29. The van der Waals surface area contributed by atoms with Crippen molar-refractivity contribution in [3.05, 3.63) is 24.3 Å². The largest absolute Gasteiger partial charge is 0.497 e. The van der Waals surface area contributed by atoms with E-state index in [2.05, 4.69) is 10.6 Å². The Kier molecular flexibility index (Phi) is 6.57. The van der Waals surface area contributed by atoms with E-state index in [-0.39, 0.29) is 43.3 Å². The molecular formula is C18H25N3O5. The topological polar surface area (TPSA) is 108 Å². The van der Waals surface area contributed by atoms with E-state index >= 15 is 0 Å². The Labute approximate surface area is 152 Å². The van der Waals surface area contributed by atoms with Crippen molar-refractivity contribution in [3.8, 4) is 5.75 Å². The van der Waals surface area contributed by atoms with Crippen LogP contribution in [0.1, 0.15) is 20.3 Å². The van der Waals surface area contributed by atoms with Crippen molar-refractivity contribution < 1.29 is 24.2 Å². The third kappa shape index (κ3) is 4.72. The summed E-state index contributed by atoms with van der Waals surface area (Å²) in [4.78, 5) is 38.2. The van der Waals surface area contributed by atoms with Crippen molar-refractivity contribution in [2.75, 3.05) is 25.2 Å². The quantitative estimate of drug-likeness (QED) is 0.634. The minimum absolute atomic E-state index is 0.0965. The van der Waals surface area contributed by atoms with E-state index in [1.165, 1.54) is 0 Å². The molecule has 1 saturated heterocycles. The van der Waals surface area contributed by atoms with E-state index in [4.69, 9.17) is 9.84 Å². The predicted molar refractivity (Wildman–Crippen MR) is 95.7 cm³/mol. The SMILES string of the molecule is COc1ccc(N2CC(C(=O)N[C@@H](C)C(=O)N[C@@H](C)CO)CC2=O)cc1. The van der Waals surface area contributed by atoms with Gasteiger partial charge in [0, 0.05) is 24.7 Å².